The van der Waals surface area contributed by atoms with Crippen LogP contribution in [-0.2, 0) is 14.8 Å². The van der Waals surface area contributed by atoms with Crippen molar-refractivity contribution in [2.24, 2.45) is 5.92 Å². The predicted octanol–water partition coefficient (Wildman–Crippen LogP) is 2.26. The number of hydrogen-bond donors (Lipinski definition) is 1. The second-order valence-corrected chi connectivity index (χ2v) is 7.73. The molecule has 116 valence electrons. The predicted molar refractivity (Wildman–Crippen MR) is 79.5 cm³/mol. The molecule has 0 radical (unpaired) electrons. The van der Waals surface area contributed by atoms with Gasteiger partial charge >= 0.3 is 5.97 Å². The van der Waals surface area contributed by atoms with E-state index in [1.165, 1.54) is 4.31 Å². The van der Waals surface area contributed by atoms with Gasteiger partial charge in [0.1, 0.15) is 6.04 Å². The summed E-state index contributed by atoms with van der Waals surface area (Å²) in [6.45, 7) is 5.72. The van der Waals surface area contributed by atoms with Gasteiger partial charge in [0.05, 0.1) is 4.90 Å². The van der Waals surface area contributed by atoms with Crippen molar-refractivity contribution in [2.45, 2.75) is 50.6 Å². The molecule has 0 saturated carbocycles. The Balaban J connectivity index is 2.47. The lowest BCUT2D eigenvalue weighted by Crippen LogP contribution is -2.46. The lowest BCUT2D eigenvalue weighted by atomic mass is 10.0. The topological polar surface area (TPSA) is 74.7 Å². The summed E-state index contributed by atoms with van der Waals surface area (Å²) in [6, 6.07) is 5.30. The number of benzene rings is 1. The molecule has 1 heterocycles. The second kappa shape index (κ2) is 5.77. The van der Waals surface area contributed by atoms with Gasteiger partial charge in [0, 0.05) is 6.04 Å². The third kappa shape index (κ3) is 2.96. The van der Waals surface area contributed by atoms with Crippen LogP contribution in [-0.4, -0.2) is 35.9 Å². The van der Waals surface area contributed by atoms with Crippen LogP contribution in [0, 0.1) is 12.8 Å². The molecule has 6 heteroatoms. The molecule has 0 spiro atoms. The Morgan fingerprint density at radius 1 is 1.24 bits per heavy atom. The number of aliphatic carboxylic acids is 1. The van der Waals surface area contributed by atoms with E-state index in [9.17, 15) is 18.3 Å². The molecule has 2 atom stereocenters. The molecule has 0 aromatic heterocycles. The molecule has 0 bridgehead atoms. The molecule has 1 unspecified atom stereocenters. The summed E-state index contributed by atoms with van der Waals surface area (Å²) in [4.78, 5) is 11.6. The normalized spacial score (nSPS) is 23.6. The van der Waals surface area contributed by atoms with Gasteiger partial charge in [0.25, 0.3) is 0 Å². The van der Waals surface area contributed by atoms with E-state index >= 15 is 0 Å². The Bertz CT molecular complexity index is 622. The molecular formula is C15H21NO4S. The molecule has 1 aliphatic heterocycles. The Hall–Kier alpha value is -1.40. The highest BCUT2D eigenvalue weighted by molar-refractivity contribution is 7.89. The first-order valence-electron chi connectivity index (χ1n) is 7.08. The van der Waals surface area contributed by atoms with Gasteiger partial charge in [-0.15, -0.1) is 0 Å². The molecule has 1 N–H and O–H groups in total. The van der Waals surface area contributed by atoms with Crippen molar-refractivity contribution in [1.82, 2.24) is 4.31 Å². The summed E-state index contributed by atoms with van der Waals surface area (Å²) in [7, 11) is -3.79. The summed E-state index contributed by atoms with van der Waals surface area (Å²) in [5.41, 5.74) is 0.963. The van der Waals surface area contributed by atoms with Gasteiger partial charge in [-0.2, -0.15) is 4.31 Å². The van der Waals surface area contributed by atoms with Gasteiger partial charge in [-0.25, -0.2) is 8.42 Å². The van der Waals surface area contributed by atoms with Crippen molar-refractivity contribution in [3.63, 3.8) is 0 Å². The highest BCUT2D eigenvalue weighted by atomic mass is 32.2. The first-order chi connectivity index (χ1) is 9.75. The van der Waals surface area contributed by atoms with Crippen LogP contribution in [0.2, 0.25) is 0 Å². The van der Waals surface area contributed by atoms with Crippen molar-refractivity contribution in [3.05, 3.63) is 29.8 Å². The number of hydrogen-bond acceptors (Lipinski definition) is 3. The first kappa shape index (κ1) is 16.0. The molecule has 1 aromatic carbocycles. The SMILES string of the molecule is Cc1ccc(S(=O)(=O)N2C(C(=O)O)CC[C@@H]2C(C)C)cc1. The van der Waals surface area contributed by atoms with Gasteiger partial charge in [-0.3, -0.25) is 4.79 Å². The minimum absolute atomic E-state index is 0.0783. The third-order valence-electron chi connectivity index (χ3n) is 4.02. The maximum atomic E-state index is 12.8. The zero-order valence-corrected chi connectivity index (χ0v) is 13.3. The Morgan fingerprint density at radius 3 is 2.29 bits per heavy atom. The van der Waals surface area contributed by atoms with Crippen molar-refractivity contribution in [1.29, 1.82) is 0 Å². The zero-order valence-electron chi connectivity index (χ0n) is 12.5. The molecule has 5 nitrogen and oxygen atoms in total. The monoisotopic (exact) mass is 311 g/mol. The number of nitrogens with zero attached hydrogens (tertiary/aromatic N) is 1. The average Bonchev–Trinajstić information content (AvgIpc) is 2.84. The Labute approximate surface area is 125 Å². The molecule has 1 fully saturated rings. The van der Waals surface area contributed by atoms with Crippen LogP contribution in [0.25, 0.3) is 0 Å². The third-order valence-corrected chi connectivity index (χ3v) is 5.97. The van der Waals surface area contributed by atoms with Gasteiger partial charge < -0.3 is 5.11 Å². The van der Waals surface area contributed by atoms with Crippen LogP contribution >= 0.6 is 0 Å². The minimum Gasteiger partial charge on any atom is -0.480 e. The number of rotatable bonds is 4. The molecule has 2 rings (SSSR count). The van der Waals surface area contributed by atoms with E-state index in [4.69, 9.17) is 0 Å². The van der Waals surface area contributed by atoms with Crippen molar-refractivity contribution < 1.29 is 18.3 Å². The van der Waals surface area contributed by atoms with Crippen molar-refractivity contribution in [3.8, 4) is 0 Å². The summed E-state index contributed by atoms with van der Waals surface area (Å²) in [6.07, 6.45) is 0.947. The van der Waals surface area contributed by atoms with E-state index < -0.39 is 22.0 Å². The van der Waals surface area contributed by atoms with E-state index in [2.05, 4.69) is 0 Å². The van der Waals surface area contributed by atoms with E-state index in [1.54, 1.807) is 24.3 Å². The number of sulfonamides is 1. The largest absolute Gasteiger partial charge is 0.480 e. The quantitative estimate of drug-likeness (QED) is 0.925. The number of aryl methyl sites for hydroxylation is 1. The van der Waals surface area contributed by atoms with Gasteiger partial charge in [-0.05, 0) is 37.8 Å². The van der Waals surface area contributed by atoms with Gasteiger partial charge in [0.15, 0.2) is 0 Å². The van der Waals surface area contributed by atoms with E-state index in [-0.39, 0.29) is 16.9 Å². The van der Waals surface area contributed by atoms with E-state index in [0.717, 1.165) is 5.56 Å². The van der Waals surface area contributed by atoms with Gasteiger partial charge in [0.2, 0.25) is 10.0 Å². The summed E-state index contributed by atoms with van der Waals surface area (Å²) in [5, 5.41) is 9.33. The fraction of sp³-hybridized carbons (Fsp3) is 0.533. The fourth-order valence-electron chi connectivity index (χ4n) is 2.85. The first-order valence-corrected chi connectivity index (χ1v) is 8.52. The van der Waals surface area contributed by atoms with Crippen LogP contribution < -0.4 is 0 Å². The fourth-order valence-corrected chi connectivity index (χ4v) is 4.81. The van der Waals surface area contributed by atoms with Gasteiger partial charge in [-0.1, -0.05) is 31.5 Å². The van der Waals surface area contributed by atoms with E-state index in [1.807, 2.05) is 20.8 Å². The molecular weight excluding hydrogens is 290 g/mol. The zero-order chi connectivity index (χ0) is 15.8. The van der Waals surface area contributed by atoms with Crippen molar-refractivity contribution >= 4 is 16.0 Å². The van der Waals surface area contributed by atoms with Crippen LogP contribution in [0.3, 0.4) is 0 Å². The number of carboxylic acid groups (broad SMARTS) is 1. The summed E-state index contributed by atoms with van der Waals surface area (Å²) in [5.74, 6) is -0.997. The van der Waals surface area contributed by atoms with Crippen LogP contribution in [0.5, 0.6) is 0 Å². The molecule has 0 amide bonds. The Morgan fingerprint density at radius 2 is 1.81 bits per heavy atom. The maximum absolute atomic E-state index is 12.8. The molecule has 1 aliphatic rings. The minimum atomic E-state index is -3.79. The molecule has 1 saturated heterocycles. The Kier molecular flexibility index (Phi) is 4.39. The smallest absolute Gasteiger partial charge is 0.322 e. The molecule has 1 aromatic rings. The van der Waals surface area contributed by atoms with Crippen LogP contribution in [0.1, 0.15) is 32.3 Å². The highest BCUT2D eigenvalue weighted by Gasteiger charge is 2.46. The lowest BCUT2D eigenvalue weighted by Gasteiger charge is -2.29. The van der Waals surface area contributed by atoms with Crippen LogP contribution in [0.15, 0.2) is 29.2 Å². The second-order valence-electron chi connectivity index (χ2n) is 5.89. The summed E-state index contributed by atoms with van der Waals surface area (Å²) < 4.78 is 26.9. The van der Waals surface area contributed by atoms with Crippen molar-refractivity contribution in [2.75, 3.05) is 0 Å². The average molecular weight is 311 g/mol. The maximum Gasteiger partial charge on any atom is 0.322 e. The number of carbonyl (C=O) groups is 1. The number of carboxylic acids is 1. The van der Waals surface area contributed by atoms with E-state index in [0.29, 0.717) is 12.8 Å². The van der Waals surface area contributed by atoms with Crippen LogP contribution in [0.4, 0.5) is 0 Å². The molecule has 0 aliphatic carbocycles. The summed E-state index contributed by atoms with van der Waals surface area (Å²) >= 11 is 0. The molecule has 21 heavy (non-hydrogen) atoms. The lowest BCUT2D eigenvalue weighted by molar-refractivity contribution is -0.141. The highest BCUT2D eigenvalue weighted by Crippen LogP contribution is 2.34. The standard InChI is InChI=1S/C15H21NO4S/c1-10(2)13-8-9-14(15(17)18)16(13)21(19,20)12-6-4-11(3)5-7-12/h4-7,10,13-14H,8-9H2,1-3H3,(H,17,18)/t13-,14?/m1/s1.